The predicted molar refractivity (Wildman–Crippen MR) is 78.6 cm³/mol. The zero-order valence-corrected chi connectivity index (χ0v) is 11.8. The molecule has 1 heterocycles. The Hall–Kier alpha value is -2.74. The lowest BCUT2D eigenvalue weighted by Gasteiger charge is -2.20. The number of primary amides is 2. The molecular formula is C13H19N5O3. The Bertz CT molecular complexity index is 588. The van der Waals surface area contributed by atoms with Crippen molar-refractivity contribution in [3.8, 4) is 0 Å². The first-order valence-corrected chi connectivity index (χ1v) is 6.19. The molecule has 1 atom stereocenters. The van der Waals surface area contributed by atoms with E-state index in [9.17, 15) is 10.0 Å². The van der Waals surface area contributed by atoms with Gasteiger partial charge in [-0.15, -0.1) is 0 Å². The van der Waals surface area contributed by atoms with E-state index in [2.05, 4.69) is 21.8 Å². The Morgan fingerprint density at radius 2 is 1.90 bits per heavy atom. The fourth-order valence-corrected chi connectivity index (χ4v) is 1.74. The molecule has 0 fully saturated rings. The molecule has 0 saturated heterocycles. The highest BCUT2D eigenvalue weighted by Gasteiger charge is 2.19. The van der Waals surface area contributed by atoms with Gasteiger partial charge in [-0.3, -0.25) is 5.21 Å². The molecule has 7 N–H and O–H groups in total. The van der Waals surface area contributed by atoms with E-state index in [1.807, 2.05) is 30.3 Å². The van der Waals surface area contributed by atoms with Crippen LogP contribution in [0.2, 0.25) is 0 Å². The summed E-state index contributed by atoms with van der Waals surface area (Å²) in [6.07, 6.45) is 0. The zero-order chi connectivity index (χ0) is 16.0. The lowest BCUT2D eigenvalue weighted by atomic mass is 10.2. The average molecular weight is 293 g/mol. The van der Waals surface area contributed by atoms with E-state index in [-0.39, 0.29) is 0 Å². The van der Waals surface area contributed by atoms with Crippen LogP contribution in [0.1, 0.15) is 18.7 Å². The Morgan fingerprint density at radius 3 is 2.43 bits per heavy atom. The number of carbonyl (C=O) groups excluding carboxylic acids is 2. The molecule has 2 rings (SSSR count). The quantitative estimate of drug-likeness (QED) is 0.421. The number of hydrogen-bond acceptors (Lipinski definition) is 3. The standard InChI is InChI=1S/C12H15N3O2.CH4N2O/c1-8(15(17)12(16)13-2)11-7-9-5-3-4-6-10(9)14-11;2-1(3)4/h3-8,14,17H,1-2H3,(H,13,16);(H4,2,3,4). The van der Waals surface area contributed by atoms with Crippen molar-refractivity contribution in [3.05, 3.63) is 36.0 Å². The van der Waals surface area contributed by atoms with Crippen molar-refractivity contribution in [2.45, 2.75) is 13.0 Å². The van der Waals surface area contributed by atoms with E-state index in [0.717, 1.165) is 16.6 Å². The summed E-state index contributed by atoms with van der Waals surface area (Å²) in [5, 5.41) is 13.8. The number of rotatable bonds is 2. The molecule has 21 heavy (non-hydrogen) atoms. The molecule has 0 aliphatic rings. The number of para-hydroxylation sites is 1. The highest BCUT2D eigenvalue weighted by molar-refractivity contribution is 5.80. The number of urea groups is 2. The number of carbonyl (C=O) groups is 2. The van der Waals surface area contributed by atoms with Crippen LogP contribution in [-0.4, -0.2) is 34.4 Å². The first kappa shape index (κ1) is 16.3. The molecule has 1 aromatic carbocycles. The van der Waals surface area contributed by atoms with Gasteiger partial charge in [0.25, 0.3) is 0 Å². The normalized spacial score (nSPS) is 11.2. The second-order valence-electron chi connectivity index (χ2n) is 4.29. The summed E-state index contributed by atoms with van der Waals surface area (Å²) in [6.45, 7) is 1.75. The Balaban J connectivity index is 0.000000491. The topological polar surface area (TPSA) is 137 Å². The summed E-state index contributed by atoms with van der Waals surface area (Å²) in [7, 11) is 1.48. The maximum absolute atomic E-state index is 11.3. The zero-order valence-electron chi connectivity index (χ0n) is 11.8. The fourth-order valence-electron chi connectivity index (χ4n) is 1.74. The van der Waals surface area contributed by atoms with Crippen LogP contribution in [0.15, 0.2) is 30.3 Å². The molecule has 0 aliphatic heterocycles. The molecule has 4 amide bonds. The number of fused-ring (bicyclic) bond motifs is 1. The van der Waals surface area contributed by atoms with Crippen molar-refractivity contribution in [2.24, 2.45) is 11.5 Å². The van der Waals surface area contributed by atoms with Crippen LogP contribution in [0, 0.1) is 0 Å². The van der Waals surface area contributed by atoms with Gasteiger partial charge in [-0.1, -0.05) is 18.2 Å². The van der Waals surface area contributed by atoms with Gasteiger partial charge in [0.1, 0.15) is 0 Å². The number of nitrogens with zero attached hydrogens (tertiary/aromatic N) is 1. The first-order chi connectivity index (χ1) is 9.86. The highest BCUT2D eigenvalue weighted by Crippen LogP contribution is 2.22. The summed E-state index contributed by atoms with van der Waals surface area (Å²) in [4.78, 5) is 23.5. The van der Waals surface area contributed by atoms with E-state index in [1.165, 1.54) is 7.05 Å². The number of nitrogens with one attached hydrogen (secondary N) is 2. The van der Waals surface area contributed by atoms with Gasteiger partial charge in [-0.05, 0) is 24.4 Å². The molecule has 2 aromatic rings. The number of benzene rings is 1. The van der Waals surface area contributed by atoms with Crippen molar-refractivity contribution in [3.63, 3.8) is 0 Å². The number of H-pyrrole nitrogens is 1. The Kier molecular flexibility index (Phi) is 5.56. The molecule has 8 nitrogen and oxygen atoms in total. The van der Waals surface area contributed by atoms with Gasteiger partial charge in [-0.2, -0.15) is 5.06 Å². The van der Waals surface area contributed by atoms with Gasteiger partial charge in [0.05, 0.1) is 6.04 Å². The molecule has 0 spiro atoms. The molecule has 114 valence electrons. The monoisotopic (exact) mass is 293 g/mol. The van der Waals surface area contributed by atoms with E-state index in [0.29, 0.717) is 5.06 Å². The SMILES string of the molecule is CNC(=O)N(O)C(C)c1cc2ccccc2[nH]1.NC(N)=O. The minimum absolute atomic E-state index is 0.428. The van der Waals surface area contributed by atoms with Crippen molar-refractivity contribution in [1.82, 2.24) is 15.4 Å². The maximum Gasteiger partial charge on any atom is 0.341 e. The van der Waals surface area contributed by atoms with Crippen molar-refractivity contribution in [1.29, 1.82) is 0 Å². The predicted octanol–water partition coefficient (Wildman–Crippen LogP) is 1.28. The molecule has 0 bridgehead atoms. The summed E-state index contributed by atoms with van der Waals surface area (Å²) >= 11 is 0. The summed E-state index contributed by atoms with van der Waals surface area (Å²) in [5.41, 5.74) is 10.3. The number of hydroxylamine groups is 2. The van der Waals surface area contributed by atoms with E-state index < -0.39 is 18.1 Å². The van der Waals surface area contributed by atoms with Gasteiger partial charge < -0.3 is 21.8 Å². The van der Waals surface area contributed by atoms with E-state index in [4.69, 9.17) is 4.79 Å². The fraction of sp³-hybridized carbons (Fsp3) is 0.231. The van der Waals surface area contributed by atoms with E-state index in [1.54, 1.807) is 6.92 Å². The lowest BCUT2D eigenvalue weighted by molar-refractivity contribution is -0.0747. The summed E-state index contributed by atoms with van der Waals surface area (Å²) in [6, 6.07) is 7.93. The van der Waals surface area contributed by atoms with Crippen LogP contribution in [0.4, 0.5) is 9.59 Å². The molecule has 1 unspecified atom stereocenters. The molecule has 0 radical (unpaired) electrons. The van der Waals surface area contributed by atoms with Crippen LogP contribution in [-0.2, 0) is 0 Å². The largest absolute Gasteiger partial charge is 0.357 e. The maximum atomic E-state index is 11.3. The smallest absolute Gasteiger partial charge is 0.341 e. The summed E-state index contributed by atoms with van der Waals surface area (Å²) in [5.74, 6) is 0. The van der Waals surface area contributed by atoms with Crippen molar-refractivity contribution in [2.75, 3.05) is 7.05 Å². The first-order valence-electron chi connectivity index (χ1n) is 6.19. The summed E-state index contributed by atoms with van der Waals surface area (Å²) < 4.78 is 0. The molecule has 0 saturated carbocycles. The van der Waals surface area contributed by atoms with Crippen LogP contribution in [0.3, 0.4) is 0 Å². The van der Waals surface area contributed by atoms with E-state index >= 15 is 0 Å². The van der Waals surface area contributed by atoms with Gasteiger partial charge >= 0.3 is 12.1 Å². The number of amides is 4. The Morgan fingerprint density at radius 1 is 1.33 bits per heavy atom. The van der Waals surface area contributed by atoms with Crippen molar-refractivity contribution >= 4 is 23.0 Å². The molecule has 1 aromatic heterocycles. The van der Waals surface area contributed by atoms with Crippen LogP contribution in [0.25, 0.3) is 10.9 Å². The van der Waals surface area contributed by atoms with Gasteiger partial charge in [0.15, 0.2) is 0 Å². The molecule has 0 aliphatic carbocycles. The van der Waals surface area contributed by atoms with Crippen LogP contribution in [0.5, 0.6) is 0 Å². The van der Waals surface area contributed by atoms with Gasteiger partial charge in [-0.25, -0.2) is 9.59 Å². The second-order valence-corrected chi connectivity index (χ2v) is 4.29. The molecular weight excluding hydrogens is 274 g/mol. The van der Waals surface area contributed by atoms with Crippen LogP contribution >= 0.6 is 0 Å². The second kappa shape index (κ2) is 7.15. The molecule has 8 heteroatoms. The third-order valence-electron chi connectivity index (χ3n) is 2.79. The third kappa shape index (κ3) is 4.39. The highest BCUT2D eigenvalue weighted by atomic mass is 16.5. The number of aromatic amines is 1. The van der Waals surface area contributed by atoms with Gasteiger partial charge in [0.2, 0.25) is 0 Å². The minimum Gasteiger partial charge on any atom is -0.357 e. The van der Waals surface area contributed by atoms with Gasteiger partial charge in [0, 0.05) is 18.3 Å². The van der Waals surface area contributed by atoms with Crippen LogP contribution < -0.4 is 16.8 Å². The minimum atomic E-state index is -0.833. The number of hydrogen-bond donors (Lipinski definition) is 5. The number of aromatic nitrogens is 1. The number of nitrogens with two attached hydrogens (primary N) is 2. The Labute approximate surface area is 121 Å². The third-order valence-corrected chi connectivity index (χ3v) is 2.79. The average Bonchev–Trinajstić information content (AvgIpc) is 2.88. The lowest BCUT2D eigenvalue weighted by Crippen LogP contribution is -2.37. The van der Waals surface area contributed by atoms with Crippen molar-refractivity contribution < 1.29 is 14.8 Å².